The van der Waals surface area contributed by atoms with Gasteiger partial charge in [0.1, 0.15) is 6.54 Å². The number of likely N-dealkylation sites (N-methyl/N-ethyl adjacent to an activating group) is 1. The topological polar surface area (TPSA) is 57.7 Å². The van der Waals surface area contributed by atoms with E-state index >= 15 is 0 Å². The van der Waals surface area contributed by atoms with Gasteiger partial charge in [-0.15, -0.1) is 0 Å². The molecule has 23 heavy (non-hydrogen) atoms. The highest BCUT2D eigenvalue weighted by Crippen LogP contribution is 2.35. The molecular formula is C16H15ClN2O3S. The lowest BCUT2D eigenvalue weighted by molar-refractivity contribution is -0.117. The van der Waals surface area contributed by atoms with E-state index in [1.807, 2.05) is 0 Å². The maximum atomic E-state index is 12.8. The molecule has 0 aromatic heterocycles. The number of hydrogen-bond acceptors (Lipinski definition) is 3. The number of carbonyl (C=O) groups excluding carboxylic acids is 1. The zero-order valence-electron chi connectivity index (χ0n) is 12.4. The number of halogens is 1. The Hall–Kier alpha value is -2.05. The number of hydrogen-bond donors (Lipinski definition) is 0. The van der Waals surface area contributed by atoms with Crippen molar-refractivity contribution in [2.45, 2.75) is 5.75 Å². The number of amides is 1. The van der Waals surface area contributed by atoms with Gasteiger partial charge in [-0.2, -0.15) is 0 Å². The number of rotatable bonds is 3. The molecule has 0 N–H and O–H groups in total. The van der Waals surface area contributed by atoms with E-state index in [0.29, 0.717) is 22.0 Å². The summed E-state index contributed by atoms with van der Waals surface area (Å²) in [6.45, 7) is -0.208. The first-order valence-corrected chi connectivity index (χ1v) is 8.98. The van der Waals surface area contributed by atoms with E-state index in [2.05, 4.69) is 0 Å². The molecule has 0 aliphatic carbocycles. The Balaban J connectivity index is 2.02. The molecule has 0 spiro atoms. The van der Waals surface area contributed by atoms with Gasteiger partial charge >= 0.3 is 0 Å². The van der Waals surface area contributed by atoms with Gasteiger partial charge in [0.25, 0.3) is 0 Å². The van der Waals surface area contributed by atoms with Crippen LogP contribution in [-0.2, 0) is 20.6 Å². The van der Waals surface area contributed by atoms with Crippen molar-refractivity contribution < 1.29 is 13.2 Å². The van der Waals surface area contributed by atoms with Crippen LogP contribution in [0.4, 0.5) is 11.4 Å². The molecule has 1 heterocycles. The van der Waals surface area contributed by atoms with Crippen molar-refractivity contribution in [3.63, 3.8) is 0 Å². The molecule has 0 saturated carbocycles. The van der Waals surface area contributed by atoms with E-state index in [4.69, 9.17) is 11.6 Å². The predicted molar refractivity (Wildman–Crippen MR) is 91.3 cm³/mol. The van der Waals surface area contributed by atoms with Crippen LogP contribution in [0.5, 0.6) is 0 Å². The Morgan fingerprint density at radius 3 is 2.35 bits per heavy atom. The minimum Gasteiger partial charge on any atom is -0.312 e. The third kappa shape index (κ3) is 2.92. The summed E-state index contributed by atoms with van der Waals surface area (Å²) in [7, 11) is -2.09. The van der Waals surface area contributed by atoms with E-state index in [-0.39, 0.29) is 18.2 Å². The second kappa shape index (κ2) is 5.86. The highest BCUT2D eigenvalue weighted by Gasteiger charge is 2.34. The quantitative estimate of drug-likeness (QED) is 0.855. The zero-order chi connectivity index (χ0) is 16.6. The summed E-state index contributed by atoms with van der Waals surface area (Å²) in [5.74, 6) is -0.524. The van der Waals surface area contributed by atoms with Gasteiger partial charge in [-0.1, -0.05) is 41.9 Å². The van der Waals surface area contributed by atoms with Gasteiger partial charge in [0.15, 0.2) is 0 Å². The Kier molecular flexibility index (Phi) is 4.04. The van der Waals surface area contributed by atoms with Crippen LogP contribution in [0.2, 0.25) is 5.02 Å². The van der Waals surface area contributed by atoms with Crippen molar-refractivity contribution in [2.24, 2.45) is 0 Å². The molecule has 120 valence electrons. The van der Waals surface area contributed by atoms with Crippen LogP contribution in [0.3, 0.4) is 0 Å². The number of carbonyl (C=O) groups is 1. The first-order valence-electron chi connectivity index (χ1n) is 6.99. The molecule has 2 aromatic rings. The van der Waals surface area contributed by atoms with Crippen LogP contribution in [0, 0.1) is 0 Å². The molecule has 0 saturated heterocycles. The van der Waals surface area contributed by atoms with Crippen LogP contribution >= 0.6 is 11.6 Å². The summed E-state index contributed by atoms with van der Waals surface area (Å²) in [4.78, 5) is 13.6. The summed E-state index contributed by atoms with van der Waals surface area (Å²) in [6, 6.07) is 13.7. The largest absolute Gasteiger partial charge is 0.312 e. The molecule has 0 fully saturated rings. The second-order valence-electron chi connectivity index (χ2n) is 5.30. The first-order chi connectivity index (χ1) is 10.9. The minimum atomic E-state index is -3.73. The lowest BCUT2D eigenvalue weighted by Crippen LogP contribution is -2.46. The van der Waals surface area contributed by atoms with Gasteiger partial charge in [0.05, 0.1) is 17.1 Å². The van der Waals surface area contributed by atoms with E-state index < -0.39 is 10.0 Å². The van der Waals surface area contributed by atoms with Crippen LogP contribution < -0.4 is 9.21 Å². The summed E-state index contributed by atoms with van der Waals surface area (Å²) >= 11 is 6.06. The Morgan fingerprint density at radius 1 is 1.04 bits per heavy atom. The molecule has 0 radical (unpaired) electrons. The normalized spacial score (nSPS) is 14.8. The highest BCUT2D eigenvalue weighted by atomic mass is 35.5. The molecule has 7 heteroatoms. The number of sulfonamides is 1. The van der Waals surface area contributed by atoms with Crippen molar-refractivity contribution in [1.29, 1.82) is 0 Å². The minimum absolute atomic E-state index is 0.208. The number of benzene rings is 2. The fourth-order valence-electron chi connectivity index (χ4n) is 2.55. The van der Waals surface area contributed by atoms with E-state index in [9.17, 15) is 13.2 Å². The van der Waals surface area contributed by atoms with E-state index in [1.54, 1.807) is 55.6 Å². The molecule has 0 atom stereocenters. The average molecular weight is 351 g/mol. The number of fused-ring (bicyclic) bond motifs is 1. The first kappa shape index (κ1) is 15.8. The van der Waals surface area contributed by atoms with Crippen molar-refractivity contribution in [3.8, 4) is 0 Å². The van der Waals surface area contributed by atoms with Crippen LogP contribution in [0.15, 0.2) is 48.5 Å². The lowest BCUT2D eigenvalue weighted by Gasteiger charge is -2.34. The van der Waals surface area contributed by atoms with Gasteiger partial charge in [0.2, 0.25) is 15.9 Å². The standard InChI is InChI=1S/C16H15ClN2O3S/c1-18-14-8-4-5-9-15(14)19(10-16(18)20)23(21,22)11-12-6-2-3-7-13(12)17/h2-9H,10-11H2,1H3. The van der Waals surface area contributed by atoms with Crippen molar-refractivity contribution in [1.82, 2.24) is 0 Å². The molecule has 1 aliphatic rings. The lowest BCUT2D eigenvalue weighted by atomic mass is 10.2. The van der Waals surface area contributed by atoms with Crippen molar-refractivity contribution in [3.05, 3.63) is 59.1 Å². The van der Waals surface area contributed by atoms with Gasteiger partial charge in [0, 0.05) is 12.1 Å². The second-order valence-corrected chi connectivity index (χ2v) is 7.60. The number of para-hydroxylation sites is 2. The third-order valence-corrected chi connectivity index (χ3v) is 5.84. The molecule has 3 rings (SSSR count). The predicted octanol–water partition coefficient (Wildman–Crippen LogP) is 2.65. The molecule has 2 aromatic carbocycles. The summed E-state index contributed by atoms with van der Waals surface area (Å²) in [6.07, 6.45) is 0. The Morgan fingerprint density at radius 2 is 1.65 bits per heavy atom. The molecule has 0 unspecified atom stereocenters. The maximum absolute atomic E-state index is 12.8. The van der Waals surface area contributed by atoms with Crippen molar-refractivity contribution in [2.75, 3.05) is 22.8 Å². The maximum Gasteiger partial charge on any atom is 0.247 e. The third-order valence-electron chi connectivity index (χ3n) is 3.80. The van der Waals surface area contributed by atoms with Gasteiger partial charge in [-0.25, -0.2) is 8.42 Å². The van der Waals surface area contributed by atoms with E-state index in [1.165, 1.54) is 4.90 Å². The molecular weight excluding hydrogens is 336 g/mol. The number of nitrogens with zero attached hydrogens (tertiary/aromatic N) is 2. The van der Waals surface area contributed by atoms with Crippen LogP contribution in [0.1, 0.15) is 5.56 Å². The van der Waals surface area contributed by atoms with Gasteiger partial charge in [-0.3, -0.25) is 9.10 Å². The van der Waals surface area contributed by atoms with Gasteiger partial charge < -0.3 is 4.90 Å². The van der Waals surface area contributed by atoms with Crippen LogP contribution in [0.25, 0.3) is 0 Å². The van der Waals surface area contributed by atoms with Crippen molar-refractivity contribution >= 4 is 38.9 Å². The Labute approximate surface area is 140 Å². The van der Waals surface area contributed by atoms with E-state index in [0.717, 1.165) is 4.31 Å². The fraction of sp³-hybridized carbons (Fsp3) is 0.188. The zero-order valence-corrected chi connectivity index (χ0v) is 14.0. The summed E-state index contributed by atoms with van der Waals surface area (Å²) in [5, 5.41) is 0.393. The van der Waals surface area contributed by atoms with Gasteiger partial charge in [-0.05, 0) is 23.8 Å². The smallest absolute Gasteiger partial charge is 0.247 e. The SMILES string of the molecule is CN1C(=O)CN(S(=O)(=O)Cc2ccccc2Cl)c2ccccc21. The summed E-state index contributed by atoms with van der Waals surface area (Å²) in [5.41, 5.74) is 1.59. The molecule has 1 amide bonds. The van der Waals surface area contributed by atoms with Crippen LogP contribution in [-0.4, -0.2) is 27.9 Å². The highest BCUT2D eigenvalue weighted by molar-refractivity contribution is 7.92. The summed E-state index contributed by atoms with van der Waals surface area (Å²) < 4.78 is 26.8. The number of anilines is 2. The fourth-order valence-corrected chi connectivity index (χ4v) is 4.39. The molecule has 5 nitrogen and oxygen atoms in total. The Bertz CT molecular complexity index is 867. The molecule has 0 bridgehead atoms. The monoisotopic (exact) mass is 350 g/mol. The average Bonchev–Trinajstić information content (AvgIpc) is 2.53. The molecule has 1 aliphatic heterocycles.